The van der Waals surface area contributed by atoms with Crippen LogP contribution in [0.5, 0.6) is 0 Å². The molecule has 0 fully saturated rings. The van der Waals surface area contributed by atoms with Crippen LogP contribution in [-0.4, -0.2) is 41.7 Å². The second-order valence-corrected chi connectivity index (χ2v) is 7.00. The summed E-state index contributed by atoms with van der Waals surface area (Å²) in [6.45, 7) is 7.36. The minimum atomic E-state index is -0.986. The molecule has 30 heavy (non-hydrogen) atoms. The van der Waals surface area contributed by atoms with E-state index in [1.165, 1.54) is 7.11 Å². The van der Waals surface area contributed by atoms with Crippen molar-refractivity contribution in [3.8, 4) is 5.69 Å². The van der Waals surface area contributed by atoms with Crippen LogP contribution in [-0.2, 0) is 19.1 Å². The summed E-state index contributed by atoms with van der Waals surface area (Å²) in [7, 11) is 1.34. The average Bonchev–Trinajstić information content (AvgIpc) is 3.15. The zero-order valence-corrected chi connectivity index (χ0v) is 17.7. The number of hydrogen-bond donors (Lipinski definition) is 0. The minimum Gasteiger partial charge on any atom is -0.465 e. The quantitative estimate of drug-likeness (QED) is 0.430. The van der Waals surface area contributed by atoms with Gasteiger partial charge in [0.25, 0.3) is 0 Å². The van der Waals surface area contributed by atoms with Crippen molar-refractivity contribution in [2.45, 2.75) is 27.7 Å². The molecule has 0 saturated heterocycles. The highest BCUT2D eigenvalue weighted by Gasteiger charge is 2.38. The SMILES string of the molecule is CCOC(=O)C1C(=O)/C(=C\c2cc(C)n(-c3ccccc3C(=O)OC)c2C)N=C1C. The maximum absolute atomic E-state index is 12.7. The first kappa shape index (κ1) is 21.2. The predicted octanol–water partition coefficient (Wildman–Crippen LogP) is 3.44. The van der Waals surface area contributed by atoms with Gasteiger partial charge in [0.15, 0.2) is 5.92 Å². The molecule has 1 aromatic heterocycles. The van der Waals surface area contributed by atoms with Crippen LogP contribution in [0, 0.1) is 19.8 Å². The lowest BCUT2D eigenvalue weighted by atomic mass is 10.0. The first-order chi connectivity index (χ1) is 14.3. The number of benzene rings is 1. The third-order valence-electron chi connectivity index (χ3n) is 5.06. The molecule has 0 bridgehead atoms. The summed E-state index contributed by atoms with van der Waals surface area (Å²) in [5.41, 5.74) is 4.25. The molecule has 1 atom stereocenters. The summed E-state index contributed by atoms with van der Waals surface area (Å²) in [6, 6.07) is 9.07. The van der Waals surface area contributed by atoms with Gasteiger partial charge in [-0.3, -0.25) is 14.6 Å². The fourth-order valence-electron chi connectivity index (χ4n) is 3.66. The number of hydrogen-bond acceptors (Lipinski definition) is 6. The van der Waals surface area contributed by atoms with Crippen molar-refractivity contribution in [2.75, 3.05) is 13.7 Å². The number of carbonyl (C=O) groups is 3. The van der Waals surface area contributed by atoms with Crippen molar-refractivity contribution in [3.63, 3.8) is 0 Å². The van der Waals surface area contributed by atoms with Gasteiger partial charge in [0.2, 0.25) is 5.78 Å². The fraction of sp³-hybridized carbons (Fsp3) is 0.304. The Hall–Kier alpha value is -3.48. The summed E-state index contributed by atoms with van der Waals surface area (Å²) in [6.07, 6.45) is 1.67. The van der Waals surface area contributed by atoms with Gasteiger partial charge in [-0.2, -0.15) is 0 Å². The molecule has 0 N–H and O–H groups in total. The summed E-state index contributed by atoms with van der Waals surface area (Å²) in [5, 5.41) is 0. The molecule has 1 aliphatic rings. The lowest BCUT2D eigenvalue weighted by Crippen LogP contribution is -2.28. The predicted molar refractivity (Wildman–Crippen MR) is 113 cm³/mol. The molecule has 7 nitrogen and oxygen atoms in total. The molecule has 0 saturated carbocycles. The average molecular weight is 408 g/mol. The number of aryl methyl sites for hydroxylation is 1. The zero-order valence-electron chi connectivity index (χ0n) is 17.7. The van der Waals surface area contributed by atoms with Crippen molar-refractivity contribution in [3.05, 3.63) is 58.5 Å². The van der Waals surface area contributed by atoms with E-state index in [1.807, 2.05) is 36.6 Å². The molecule has 2 heterocycles. The molecule has 0 radical (unpaired) electrons. The largest absolute Gasteiger partial charge is 0.465 e. The van der Waals surface area contributed by atoms with Crippen molar-refractivity contribution in [1.82, 2.24) is 4.57 Å². The Labute approximate surface area is 175 Å². The maximum Gasteiger partial charge on any atom is 0.339 e. The number of methoxy groups -OCH3 is 1. The molecule has 1 aliphatic heterocycles. The van der Waals surface area contributed by atoms with E-state index in [4.69, 9.17) is 9.47 Å². The molecule has 7 heteroatoms. The number of rotatable bonds is 5. The molecule has 1 unspecified atom stereocenters. The van der Waals surface area contributed by atoms with Crippen molar-refractivity contribution in [1.29, 1.82) is 0 Å². The molecule has 1 aromatic carbocycles. The number of nitrogens with zero attached hydrogens (tertiary/aromatic N) is 2. The van der Waals surface area contributed by atoms with Crippen LogP contribution in [0.3, 0.4) is 0 Å². The number of esters is 2. The third kappa shape index (κ3) is 3.70. The molecule has 3 rings (SSSR count). The molecular weight excluding hydrogens is 384 g/mol. The first-order valence-corrected chi connectivity index (χ1v) is 9.64. The Balaban J connectivity index is 2.04. The Bertz CT molecular complexity index is 1090. The van der Waals surface area contributed by atoms with Crippen molar-refractivity contribution < 1.29 is 23.9 Å². The lowest BCUT2D eigenvalue weighted by Gasteiger charge is -2.13. The molecular formula is C23H24N2O5. The van der Waals surface area contributed by atoms with Gasteiger partial charge in [-0.25, -0.2) is 4.79 Å². The maximum atomic E-state index is 12.7. The molecule has 0 spiro atoms. The van der Waals surface area contributed by atoms with E-state index in [0.717, 1.165) is 17.0 Å². The summed E-state index contributed by atoms with van der Waals surface area (Å²) < 4.78 is 11.8. The zero-order chi connectivity index (χ0) is 22.0. The molecule has 156 valence electrons. The van der Waals surface area contributed by atoms with E-state index in [2.05, 4.69) is 4.99 Å². The van der Waals surface area contributed by atoms with Crippen LogP contribution in [0.2, 0.25) is 0 Å². The number of ketones is 1. The van der Waals surface area contributed by atoms with Crippen LogP contribution < -0.4 is 0 Å². The molecule has 0 amide bonds. The number of aliphatic imine (C=N–C) groups is 1. The van der Waals surface area contributed by atoms with E-state index in [1.54, 1.807) is 32.1 Å². The Morgan fingerprint density at radius 3 is 2.57 bits per heavy atom. The van der Waals surface area contributed by atoms with Crippen LogP contribution >= 0.6 is 0 Å². The highest BCUT2D eigenvalue weighted by Crippen LogP contribution is 2.28. The topological polar surface area (TPSA) is 87.0 Å². The fourth-order valence-corrected chi connectivity index (χ4v) is 3.66. The molecule has 0 aliphatic carbocycles. The van der Waals surface area contributed by atoms with Crippen molar-refractivity contribution >= 4 is 29.5 Å². The van der Waals surface area contributed by atoms with Gasteiger partial charge in [-0.15, -0.1) is 0 Å². The van der Waals surface area contributed by atoms with Gasteiger partial charge < -0.3 is 14.0 Å². The summed E-state index contributed by atoms with van der Waals surface area (Å²) in [4.78, 5) is 41.3. The smallest absolute Gasteiger partial charge is 0.339 e. The highest BCUT2D eigenvalue weighted by atomic mass is 16.5. The normalized spacial score (nSPS) is 17.2. The van der Waals surface area contributed by atoms with Crippen LogP contribution in [0.15, 0.2) is 41.0 Å². The third-order valence-corrected chi connectivity index (χ3v) is 5.06. The van der Waals surface area contributed by atoms with Crippen LogP contribution in [0.4, 0.5) is 0 Å². The van der Waals surface area contributed by atoms with Crippen LogP contribution in [0.25, 0.3) is 11.8 Å². The monoisotopic (exact) mass is 408 g/mol. The van der Waals surface area contributed by atoms with E-state index in [9.17, 15) is 14.4 Å². The number of Topliss-reactive ketones (excluding diaryl/α,β-unsaturated/α-hetero) is 1. The van der Waals surface area contributed by atoms with E-state index < -0.39 is 17.9 Å². The van der Waals surface area contributed by atoms with E-state index in [0.29, 0.717) is 17.0 Å². The van der Waals surface area contributed by atoms with Gasteiger partial charge in [0.05, 0.1) is 25.0 Å². The van der Waals surface area contributed by atoms with Gasteiger partial charge in [-0.1, -0.05) is 12.1 Å². The standard InChI is InChI=1S/C23H24N2O5/c1-6-30-23(28)20-14(3)24-18(21(20)26)12-16-11-13(2)25(15(16)4)19-10-8-7-9-17(19)22(27)29-5/h7-12,20H,6H2,1-5H3/b18-12+. The minimum absolute atomic E-state index is 0.204. The second-order valence-electron chi connectivity index (χ2n) is 7.00. The Morgan fingerprint density at radius 2 is 1.90 bits per heavy atom. The number of allylic oxidation sites excluding steroid dienone is 1. The number of aromatic nitrogens is 1. The highest BCUT2D eigenvalue weighted by molar-refractivity contribution is 6.28. The summed E-state index contributed by atoms with van der Waals surface area (Å²) >= 11 is 0. The van der Waals surface area contributed by atoms with E-state index >= 15 is 0 Å². The van der Waals surface area contributed by atoms with Crippen LogP contribution in [0.1, 0.15) is 41.2 Å². The van der Waals surface area contributed by atoms with E-state index in [-0.39, 0.29) is 18.1 Å². The second kappa shape index (κ2) is 8.49. The van der Waals surface area contributed by atoms with Crippen molar-refractivity contribution in [2.24, 2.45) is 10.9 Å². The number of para-hydroxylation sites is 1. The van der Waals surface area contributed by atoms with Gasteiger partial charge in [0, 0.05) is 17.1 Å². The first-order valence-electron chi connectivity index (χ1n) is 9.64. The number of carbonyl (C=O) groups excluding carboxylic acids is 3. The van der Waals surface area contributed by atoms with Gasteiger partial charge >= 0.3 is 11.9 Å². The summed E-state index contributed by atoms with van der Waals surface area (Å²) in [5.74, 6) is -2.36. The lowest BCUT2D eigenvalue weighted by molar-refractivity contribution is -0.147. The Kier molecular flexibility index (Phi) is 6.01. The Morgan fingerprint density at radius 1 is 1.20 bits per heavy atom. The van der Waals surface area contributed by atoms with Gasteiger partial charge in [0.1, 0.15) is 5.70 Å². The molecule has 2 aromatic rings. The number of ether oxygens (including phenoxy) is 2. The van der Waals surface area contributed by atoms with Gasteiger partial charge in [-0.05, 0) is 57.5 Å².